The summed E-state index contributed by atoms with van der Waals surface area (Å²) in [6, 6.07) is 6.73. The van der Waals surface area contributed by atoms with Crippen LogP contribution in [0.1, 0.15) is 23.6 Å². The van der Waals surface area contributed by atoms with Crippen LogP contribution in [-0.4, -0.2) is 32.1 Å². The van der Waals surface area contributed by atoms with Crippen molar-refractivity contribution < 1.29 is 4.74 Å². The standard InChI is InChI=1S/C13H20N2O/c1-15-9-7-10-4-3-5-12(16-2)13(10)11(15)6-8-14/h3-5,11H,6-9,14H2,1-2H3. The quantitative estimate of drug-likeness (QED) is 0.840. The summed E-state index contributed by atoms with van der Waals surface area (Å²) in [4.78, 5) is 2.37. The highest BCUT2D eigenvalue weighted by molar-refractivity contribution is 5.44. The fraction of sp³-hybridized carbons (Fsp3) is 0.538. The number of rotatable bonds is 3. The summed E-state index contributed by atoms with van der Waals surface area (Å²) in [7, 11) is 3.90. The Morgan fingerprint density at radius 1 is 1.50 bits per heavy atom. The van der Waals surface area contributed by atoms with Gasteiger partial charge in [-0.1, -0.05) is 12.1 Å². The summed E-state index contributed by atoms with van der Waals surface area (Å²) in [5.74, 6) is 1.00. The van der Waals surface area contributed by atoms with Gasteiger partial charge in [0.1, 0.15) is 5.75 Å². The summed E-state index contributed by atoms with van der Waals surface area (Å²) in [5.41, 5.74) is 8.45. The van der Waals surface area contributed by atoms with Gasteiger partial charge in [-0.05, 0) is 38.1 Å². The highest BCUT2D eigenvalue weighted by Crippen LogP contribution is 2.37. The largest absolute Gasteiger partial charge is 0.496 e. The number of fused-ring (bicyclic) bond motifs is 1. The lowest BCUT2D eigenvalue weighted by molar-refractivity contribution is 0.215. The third-order valence-electron chi connectivity index (χ3n) is 3.42. The molecule has 3 heteroatoms. The Kier molecular flexibility index (Phi) is 3.46. The zero-order chi connectivity index (χ0) is 11.5. The molecule has 0 bridgehead atoms. The normalized spacial score (nSPS) is 20.6. The summed E-state index contributed by atoms with van der Waals surface area (Å²) >= 11 is 0. The molecule has 88 valence electrons. The van der Waals surface area contributed by atoms with Crippen LogP contribution in [0.25, 0.3) is 0 Å². The van der Waals surface area contributed by atoms with E-state index < -0.39 is 0 Å². The molecule has 1 unspecified atom stereocenters. The zero-order valence-electron chi connectivity index (χ0n) is 10.1. The molecule has 0 amide bonds. The second-order valence-electron chi connectivity index (χ2n) is 4.36. The van der Waals surface area contributed by atoms with Crippen molar-refractivity contribution in [1.82, 2.24) is 4.90 Å². The molecule has 1 atom stereocenters. The second-order valence-corrected chi connectivity index (χ2v) is 4.36. The first-order valence-electron chi connectivity index (χ1n) is 5.84. The van der Waals surface area contributed by atoms with E-state index in [9.17, 15) is 0 Å². The van der Waals surface area contributed by atoms with Crippen LogP contribution in [-0.2, 0) is 6.42 Å². The molecule has 0 aromatic heterocycles. The van der Waals surface area contributed by atoms with Gasteiger partial charge < -0.3 is 10.5 Å². The Balaban J connectivity index is 2.43. The number of likely N-dealkylation sites (N-methyl/N-ethyl adjacent to an activating group) is 1. The Morgan fingerprint density at radius 2 is 2.31 bits per heavy atom. The third kappa shape index (κ3) is 1.93. The van der Waals surface area contributed by atoms with E-state index in [2.05, 4.69) is 24.1 Å². The topological polar surface area (TPSA) is 38.5 Å². The Morgan fingerprint density at radius 3 is 3.00 bits per heavy atom. The van der Waals surface area contributed by atoms with Crippen molar-refractivity contribution in [3.8, 4) is 5.75 Å². The van der Waals surface area contributed by atoms with Crippen molar-refractivity contribution in [2.45, 2.75) is 18.9 Å². The summed E-state index contributed by atoms with van der Waals surface area (Å²) < 4.78 is 5.47. The van der Waals surface area contributed by atoms with Gasteiger partial charge in [0, 0.05) is 18.2 Å². The van der Waals surface area contributed by atoms with Gasteiger partial charge >= 0.3 is 0 Å². The Labute approximate surface area is 97.2 Å². The van der Waals surface area contributed by atoms with Crippen LogP contribution in [0.4, 0.5) is 0 Å². The van der Waals surface area contributed by atoms with Crippen LogP contribution in [0, 0.1) is 0 Å². The van der Waals surface area contributed by atoms with Gasteiger partial charge in [0.25, 0.3) is 0 Å². The van der Waals surface area contributed by atoms with Crippen LogP contribution >= 0.6 is 0 Å². The number of hydrogen-bond donors (Lipinski definition) is 1. The van der Waals surface area contributed by atoms with Crippen LogP contribution in [0.5, 0.6) is 5.75 Å². The van der Waals surface area contributed by atoms with Crippen molar-refractivity contribution >= 4 is 0 Å². The highest BCUT2D eigenvalue weighted by Gasteiger charge is 2.26. The maximum absolute atomic E-state index is 5.70. The molecule has 2 rings (SSSR count). The first-order valence-corrected chi connectivity index (χ1v) is 5.84. The predicted molar refractivity (Wildman–Crippen MR) is 65.7 cm³/mol. The van der Waals surface area contributed by atoms with Crippen LogP contribution in [0.15, 0.2) is 18.2 Å². The van der Waals surface area contributed by atoms with Crippen molar-refractivity contribution in [2.75, 3.05) is 27.2 Å². The van der Waals surface area contributed by atoms with Gasteiger partial charge in [-0.25, -0.2) is 0 Å². The molecule has 0 radical (unpaired) electrons. The minimum Gasteiger partial charge on any atom is -0.496 e. The Bertz CT molecular complexity index is 351. The molecule has 0 saturated heterocycles. The average molecular weight is 220 g/mol. The van der Waals surface area contributed by atoms with E-state index in [0.717, 1.165) is 25.1 Å². The summed E-state index contributed by atoms with van der Waals surface area (Å²) in [6.07, 6.45) is 2.09. The van der Waals surface area contributed by atoms with E-state index in [1.165, 1.54) is 11.1 Å². The molecule has 1 aromatic carbocycles. The highest BCUT2D eigenvalue weighted by atomic mass is 16.5. The van der Waals surface area contributed by atoms with Crippen LogP contribution in [0.2, 0.25) is 0 Å². The molecule has 0 aliphatic carbocycles. The number of benzene rings is 1. The minimum atomic E-state index is 0.407. The first kappa shape index (κ1) is 11.4. The third-order valence-corrected chi connectivity index (χ3v) is 3.42. The van der Waals surface area contributed by atoms with Crippen molar-refractivity contribution in [3.05, 3.63) is 29.3 Å². The lowest BCUT2D eigenvalue weighted by Crippen LogP contribution is -2.33. The smallest absolute Gasteiger partial charge is 0.123 e. The summed E-state index contributed by atoms with van der Waals surface area (Å²) in [5, 5.41) is 0. The molecule has 0 fully saturated rings. The number of hydrogen-bond acceptors (Lipinski definition) is 3. The fourth-order valence-corrected chi connectivity index (χ4v) is 2.56. The molecule has 1 aliphatic rings. The van der Waals surface area contributed by atoms with Crippen molar-refractivity contribution in [1.29, 1.82) is 0 Å². The predicted octanol–water partition coefficient (Wildman–Crippen LogP) is 1.57. The van der Waals surface area contributed by atoms with E-state index in [1.807, 2.05) is 6.07 Å². The molecule has 1 aliphatic heterocycles. The second kappa shape index (κ2) is 4.85. The lowest BCUT2D eigenvalue weighted by atomic mass is 9.90. The SMILES string of the molecule is COc1cccc2c1C(CCN)N(C)CC2. The van der Waals surface area contributed by atoms with Gasteiger partial charge in [0.2, 0.25) is 0 Å². The molecule has 3 nitrogen and oxygen atoms in total. The van der Waals surface area contributed by atoms with E-state index in [-0.39, 0.29) is 0 Å². The molecule has 1 heterocycles. The molecule has 1 aromatic rings. The van der Waals surface area contributed by atoms with E-state index >= 15 is 0 Å². The van der Waals surface area contributed by atoms with Gasteiger partial charge in [-0.3, -0.25) is 4.90 Å². The number of methoxy groups -OCH3 is 1. The van der Waals surface area contributed by atoms with Gasteiger partial charge in [0.05, 0.1) is 7.11 Å². The first-order chi connectivity index (χ1) is 7.77. The lowest BCUT2D eigenvalue weighted by Gasteiger charge is -2.35. The van der Waals surface area contributed by atoms with Crippen molar-refractivity contribution in [3.63, 3.8) is 0 Å². The monoisotopic (exact) mass is 220 g/mol. The zero-order valence-corrected chi connectivity index (χ0v) is 10.1. The molecule has 0 spiro atoms. The van der Waals surface area contributed by atoms with Crippen LogP contribution < -0.4 is 10.5 Å². The van der Waals surface area contributed by atoms with Gasteiger partial charge in [-0.15, -0.1) is 0 Å². The van der Waals surface area contributed by atoms with E-state index in [0.29, 0.717) is 12.6 Å². The minimum absolute atomic E-state index is 0.407. The van der Waals surface area contributed by atoms with E-state index in [1.54, 1.807) is 7.11 Å². The molecular formula is C13H20N2O. The molecule has 2 N–H and O–H groups in total. The van der Waals surface area contributed by atoms with Crippen molar-refractivity contribution in [2.24, 2.45) is 5.73 Å². The summed E-state index contributed by atoms with van der Waals surface area (Å²) in [6.45, 7) is 1.82. The average Bonchev–Trinajstić information content (AvgIpc) is 2.32. The molecule has 0 saturated carbocycles. The maximum atomic E-state index is 5.70. The number of nitrogens with two attached hydrogens (primary N) is 1. The molecule has 16 heavy (non-hydrogen) atoms. The van der Waals surface area contributed by atoms with E-state index in [4.69, 9.17) is 10.5 Å². The number of nitrogens with zero attached hydrogens (tertiary/aromatic N) is 1. The van der Waals surface area contributed by atoms with Gasteiger partial charge in [-0.2, -0.15) is 0 Å². The van der Waals surface area contributed by atoms with Gasteiger partial charge in [0.15, 0.2) is 0 Å². The fourth-order valence-electron chi connectivity index (χ4n) is 2.56. The van der Waals surface area contributed by atoms with Crippen LogP contribution in [0.3, 0.4) is 0 Å². The molecular weight excluding hydrogens is 200 g/mol. The maximum Gasteiger partial charge on any atom is 0.123 e. The Hall–Kier alpha value is -1.06. The number of ether oxygens (including phenoxy) is 1.